The Labute approximate surface area is 82.9 Å². The summed E-state index contributed by atoms with van der Waals surface area (Å²) in [5.41, 5.74) is 5.83. The summed E-state index contributed by atoms with van der Waals surface area (Å²) in [6.45, 7) is 0. The second-order valence-electron chi connectivity index (χ2n) is 3.88. The van der Waals surface area contributed by atoms with Crippen molar-refractivity contribution in [1.82, 2.24) is 20.2 Å². The predicted molar refractivity (Wildman–Crippen MR) is 52.7 cm³/mol. The molecule has 0 amide bonds. The van der Waals surface area contributed by atoms with Crippen LogP contribution in [0.3, 0.4) is 0 Å². The SMILES string of the molecule is Cn1nnnc1NC1CCC(N)CC1. The summed E-state index contributed by atoms with van der Waals surface area (Å²) in [4.78, 5) is 0. The maximum atomic E-state index is 5.83. The van der Waals surface area contributed by atoms with Crippen molar-refractivity contribution in [2.24, 2.45) is 12.8 Å². The number of hydrogen-bond donors (Lipinski definition) is 2. The zero-order valence-electron chi connectivity index (χ0n) is 8.35. The van der Waals surface area contributed by atoms with E-state index in [2.05, 4.69) is 20.8 Å². The fourth-order valence-corrected chi connectivity index (χ4v) is 1.80. The van der Waals surface area contributed by atoms with E-state index in [0.29, 0.717) is 12.1 Å². The molecule has 1 aromatic rings. The Kier molecular flexibility index (Phi) is 2.62. The second-order valence-corrected chi connectivity index (χ2v) is 3.88. The van der Waals surface area contributed by atoms with Crippen molar-refractivity contribution < 1.29 is 0 Å². The van der Waals surface area contributed by atoms with Crippen molar-refractivity contribution in [3.63, 3.8) is 0 Å². The third-order valence-electron chi connectivity index (χ3n) is 2.73. The van der Waals surface area contributed by atoms with Gasteiger partial charge >= 0.3 is 0 Å². The lowest BCUT2D eigenvalue weighted by molar-refractivity contribution is 0.409. The van der Waals surface area contributed by atoms with Gasteiger partial charge in [-0.2, -0.15) is 0 Å². The first-order valence-corrected chi connectivity index (χ1v) is 5.00. The molecule has 0 radical (unpaired) electrons. The third kappa shape index (κ3) is 2.01. The zero-order chi connectivity index (χ0) is 9.97. The van der Waals surface area contributed by atoms with Crippen LogP contribution in [0.4, 0.5) is 5.95 Å². The first-order chi connectivity index (χ1) is 6.75. The normalized spacial score (nSPS) is 27.6. The molecule has 0 saturated heterocycles. The number of aryl methyl sites for hydroxylation is 1. The molecule has 1 aromatic heterocycles. The van der Waals surface area contributed by atoms with Crippen LogP contribution < -0.4 is 11.1 Å². The molecule has 0 spiro atoms. The van der Waals surface area contributed by atoms with Gasteiger partial charge in [0.05, 0.1) is 0 Å². The summed E-state index contributed by atoms with van der Waals surface area (Å²) < 4.78 is 1.65. The minimum absolute atomic E-state index is 0.380. The van der Waals surface area contributed by atoms with E-state index in [4.69, 9.17) is 5.73 Å². The summed E-state index contributed by atoms with van der Waals surface area (Å²) in [5, 5.41) is 14.6. The summed E-state index contributed by atoms with van der Waals surface area (Å²) in [7, 11) is 1.83. The molecule has 6 heteroatoms. The highest BCUT2D eigenvalue weighted by Crippen LogP contribution is 2.19. The van der Waals surface area contributed by atoms with Crippen molar-refractivity contribution >= 4 is 5.95 Å². The maximum absolute atomic E-state index is 5.83. The molecule has 1 aliphatic rings. The van der Waals surface area contributed by atoms with Gasteiger partial charge < -0.3 is 11.1 Å². The van der Waals surface area contributed by atoms with Gasteiger partial charge in [-0.1, -0.05) is 5.10 Å². The van der Waals surface area contributed by atoms with Crippen molar-refractivity contribution in [1.29, 1.82) is 0 Å². The summed E-state index contributed by atoms with van der Waals surface area (Å²) in [5.74, 6) is 0.741. The van der Waals surface area contributed by atoms with Gasteiger partial charge in [0.2, 0.25) is 5.95 Å². The van der Waals surface area contributed by atoms with Gasteiger partial charge in [0.1, 0.15) is 0 Å². The molecule has 1 fully saturated rings. The lowest BCUT2D eigenvalue weighted by Gasteiger charge is -2.26. The van der Waals surface area contributed by atoms with Gasteiger partial charge in [-0.15, -0.1) is 0 Å². The lowest BCUT2D eigenvalue weighted by Crippen LogP contribution is -2.33. The van der Waals surface area contributed by atoms with Gasteiger partial charge in [-0.3, -0.25) is 0 Å². The van der Waals surface area contributed by atoms with E-state index in [0.717, 1.165) is 31.6 Å². The van der Waals surface area contributed by atoms with E-state index in [1.807, 2.05) is 7.05 Å². The minimum atomic E-state index is 0.380. The van der Waals surface area contributed by atoms with Crippen LogP contribution in [0.1, 0.15) is 25.7 Å². The Morgan fingerprint density at radius 1 is 1.36 bits per heavy atom. The van der Waals surface area contributed by atoms with Crippen LogP contribution in [-0.4, -0.2) is 32.3 Å². The van der Waals surface area contributed by atoms with E-state index in [9.17, 15) is 0 Å². The first kappa shape index (κ1) is 9.39. The Hall–Kier alpha value is -1.17. The molecule has 14 heavy (non-hydrogen) atoms. The zero-order valence-corrected chi connectivity index (χ0v) is 8.35. The molecule has 0 atom stereocenters. The van der Waals surface area contributed by atoms with Gasteiger partial charge in [0.15, 0.2) is 0 Å². The fraction of sp³-hybridized carbons (Fsp3) is 0.875. The Morgan fingerprint density at radius 2 is 2.07 bits per heavy atom. The minimum Gasteiger partial charge on any atom is -0.350 e. The number of hydrogen-bond acceptors (Lipinski definition) is 5. The van der Waals surface area contributed by atoms with Crippen LogP contribution in [0.5, 0.6) is 0 Å². The van der Waals surface area contributed by atoms with E-state index in [-0.39, 0.29) is 0 Å². The van der Waals surface area contributed by atoms with Crippen molar-refractivity contribution in [3.8, 4) is 0 Å². The van der Waals surface area contributed by atoms with Crippen LogP contribution in [0.2, 0.25) is 0 Å². The summed E-state index contributed by atoms with van der Waals surface area (Å²) >= 11 is 0. The van der Waals surface area contributed by atoms with Gasteiger partial charge in [0, 0.05) is 19.1 Å². The van der Waals surface area contributed by atoms with E-state index in [1.165, 1.54) is 0 Å². The van der Waals surface area contributed by atoms with Crippen LogP contribution in [-0.2, 0) is 7.05 Å². The highest BCUT2D eigenvalue weighted by molar-refractivity contribution is 5.23. The summed E-state index contributed by atoms with van der Waals surface area (Å²) in [6.07, 6.45) is 4.38. The average molecular weight is 196 g/mol. The van der Waals surface area contributed by atoms with Crippen molar-refractivity contribution in [2.75, 3.05) is 5.32 Å². The largest absolute Gasteiger partial charge is 0.350 e. The Balaban J connectivity index is 1.89. The van der Waals surface area contributed by atoms with Crippen molar-refractivity contribution in [2.45, 2.75) is 37.8 Å². The molecule has 6 nitrogen and oxygen atoms in total. The molecule has 0 aliphatic heterocycles. The number of aromatic nitrogens is 4. The molecule has 2 rings (SSSR count). The van der Waals surface area contributed by atoms with E-state index < -0.39 is 0 Å². The van der Waals surface area contributed by atoms with Crippen LogP contribution >= 0.6 is 0 Å². The molecular formula is C8H16N6. The molecule has 0 bridgehead atoms. The van der Waals surface area contributed by atoms with Crippen LogP contribution in [0.25, 0.3) is 0 Å². The van der Waals surface area contributed by atoms with Crippen molar-refractivity contribution in [3.05, 3.63) is 0 Å². The standard InChI is InChI=1S/C8H16N6/c1-14-8(11-12-13-14)10-7-4-2-6(9)3-5-7/h6-7H,2-5,9H2,1H3,(H,10,11,13). The number of nitrogens with zero attached hydrogens (tertiary/aromatic N) is 4. The lowest BCUT2D eigenvalue weighted by atomic mass is 9.92. The highest BCUT2D eigenvalue weighted by Gasteiger charge is 2.19. The number of nitrogens with two attached hydrogens (primary N) is 1. The Morgan fingerprint density at radius 3 is 2.64 bits per heavy atom. The topological polar surface area (TPSA) is 81.7 Å². The number of tetrazole rings is 1. The molecule has 0 aromatic carbocycles. The van der Waals surface area contributed by atoms with Crippen LogP contribution in [0, 0.1) is 0 Å². The monoisotopic (exact) mass is 196 g/mol. The first-order valence-electron chi connectivity index (χ1n) is 5.00. The second kappa shape index (κ2) is 3.91. The van der Waals surface area contributed by atoms with E-state index in [1.54, 1.807) is 4.68 Å². The maximum Gasteiger partial charge on any atom is 0.242 e. The molecule has 1 saturated carbocycles. The smallest absolute Gasteiger partial charge is 0.242 e. The number of rotatable bonds is 2. The average Bonchev–Trinajstić information content (AvgIpc) is 2.56. The fourth-order valence-electron chi connectivity index (χ4n) is 1.80. The molecule has 1 aliphatic carbocycles. The molecule has 78 valence electrons. The van der Waals surface area contributed by atoms with Gasteiger partial charge in [0.25, 0.3) is 0 Å². The van der Waals surface area contributed by atoms with Gasteiger partial charge in [-0.25, -0.2) is 4.68 Å². The Bertz CT molecular complexity index is 288. The molecule has 0 unspecified atom stereocenters. The molecular weight excluding hydrogens is 180 g/mol. The predicted octanol–water partition coefficient (Wildman–Crippen LogP) is -0.108. The third-order valence-corrected chi connectivity index (χ3v) is 2.73. The summed E-state index contributed by atoms with van der Waals surface area (Å²) in [6, 6.07) is 0.852. The van der Waals surface area contributed by atoms with Gasteiger partial charge in [-0.05, 0) is 36.1 Å². The number of anilines is 1. The van der Waals surface area contributed by atoms with Crippen LogP contribution in [0.15, 0.2) is 0 Å². The quantitative estimate of drug-likeness (QED) is 0.690. The van der Waals surface area contributed by atoms with E-state index >= 15 is 0 Å². The molecule has 3 N–H and O–H groups in total. The molecule has 1 heterocycles. The number of nitrogens with one attached hydrogen (secondary N) is 1. The highest BCUT2D eigenvalue weighted by atomic mass is 15.6.